The molecular formula is C18H25N3O6S. The number of sulfonamides is 1. The number of carboxylic acid groups (broad SMARTS) is 1. The van der Waals surface area contributed by atoms with Crippen molar-refractivity contribution in [1.29, 1.82) is 0 Å². The third-order valence-electron chi connectivity index (χ3n) is 4.52. The Balaban J connectivity index is 0.000000878. The van der Waals surface area contributed by atoms with Crippen LogP contribution in [0.15, 0.2) is 36.7 Å². The Hall–Kier alpha value is -2.43. The summed E-state index contributed by atoms with van der Waals surface area (Å²) in [7, 11) is 1.43. The van der Waals surface area contributed by atoms with Crippen LogP contribution in [0, 0.1) is 5.92 Å². The quantitative estimate of drug-likeness (QED) is 0.714. The molecule has 9 nitrogen and oxygen atoms in total. The van der Waals surface area contributed by atoms with Crippen molar-refractivity contribution in [3.63, 3.8) is 0 Å². The molecule has 28 heavy (non-hydrogen) atoms. The van der Waals surface area contributed by atoms with E-state index < -0.39 is 10.0 Å². The first kappa shape index (κ1) is 21.9. The van der Waals surface area contributed by atoms with Crippen molar-refractivity contribution in [2.45, 2.75) is 6.04 Å². The number of para-hydroxylation sites is 1. The fraction of sp³-hybridized carbons (Fsp3) is 0.444. The largest absolute Gasteiger partial charge is 0.496 e. The first-order chi connectivity index (χ1) is 13.4. The van der Waals surface area contributed by atoms with E-state index in [1.807, 2.05) is 35.0 Å². The molecule has 0 bridgehead atoms. The Labute approximate surface area is 164 Å². The summed E-state index contributed by atoms with van der Waals surface area (Å²) in [6.45, 7) is 0.632. The Morgan fingerprint density at radius 1 is 1.36 bits per heavy atom. The second kappa shape index (κ2) is 9.67. The molecule has 0 aliphatic carbocycles. The molecule has 154 valence electrons. The van der Waals surface area contributed by atoms with E-state index in [-0.39, 0.29) is 24.2 Å². The van der Waals surface area contributed by atoms with Crippen LogP contribution in [-0.2, 0) is 19.6 Å². The molecule has 1 saturated heterocycles. The minimum absolute atomic E-state index is 0.0498. The van der Waals surface area contributed by atoms with Crippen LogP contribution in [-0.4, -0.2) is 74.0 Å². The minimum atomic E-state index is -3.30. The highest BCUT2D eigenvalue weighted by molar-refractivity contribution is 7.89. The van der Waals surface area contributed by atoms with Gasteiger partial charge in [-0.3, -0.25) is 4.79 Å². The predicted octanol–water partition coefficient (Wildman–Crippen LogP) is 1.34. The van der Waals surface area contributed by atoms with Gasteiger partial charge in [-0.15, -0.1) is 0 Å². The summed E-state index contributed by atoms with van der Waals surface area (Å²) in [5.41, 5.74) is 0.871. The van der Waals surface area contributed by atoms with Crippen molar-refractivity contribution in [3.8, 4) is 17.1 Å². The highest BCUT2D eigenvalue weighted by atomic mass is 32.2. The van der Waals surface area contributed by atoms with Gasteiger partial charge in [-0.25, -0.2) is 17.7 Å². The van der Waals surface area contributed by atoms with Crippen LogP contribution in [0.25, 0.3) is 11.4 Å². The van der Waals surface area contributed by atoms with Gasteiger partial charge in [-0.1, -0.05) is 12.1 Å². The van der Waals surface area contributed by atoms with E-state index >= 15 is 0 Å². The van der Waals surface area contributed by atoms with Crippen LogP contribution in [0.4, 0.5) is 0 Å². The zero-order valence-electron chi connectivity index (χ0n) is 16.1. The summed E-state index contributed by atoms with van der Waals surface area (Å²) in [6.07, 6.45) is 3.59. The Bertz CT molecular complexity index is 881. The number of benzene rings is 1. The lowest BCUT2D eigenvalue weighted by Crippen LogP contribution is -2.32. The van der Waals surface area contributed by atoms with E-state index in [9.17, 15) is 8.42 Å². The van der Waals surface area contributed by atoms with Crippen molar-refractivity contribution >= 4 is 16.5 Å². The molecule has 0 radical (unpaired) electrons. The molecule has 1 aromatic heterocycles. The van der Waals surface area contributed by atoms with Crippen molar-refractivity contribution in [2.24, 2.45) is 5.92 Å². The highest BCUT2D eigenvalue weighted by Crippen LogP contribution is 2.34. The van der Waals surface area contributed by atoms with E-state index in [2.05, 4.69) is 4.98 Å². The molecule has 0 amide bonds. The Morgan fingerprint density at radius 3 is 2.68 bits per heavy atom. The number of rotatable bonds is 6. The van der Waals surface area contributed by atoms with Gasteiger partial charge in [0, 0.05) is 32.4 Å². The van der Waals surface area contributed by atoms with Crippen LogP contribution >= 0.6 is 0 Å². The van der Waals surface area contributed by atoms with Gasteiger partial charge in [0.05, 0.1) is 37.7 Å². The van der Waals surface area contributed by atoms with Gasteiger partial charge in [0.1, 0.15) is 11.6 Å². The Kier molecular flexibility index (Phi) is 7.55. The molecule has 3 rings (SSSR count). The molecular weight excluding hydrogens is 386 g/mol. The summed E-state index contributed by atoms with van der Waals surface area (Å²) in [5, 5.41) is 6.89. The molecule has 1 aliphatic heterocycles. The maximum Gasteiger partial charge on any atom is 0.290 e. The molecule has 2 atom stereocenters. The lowest BCUT2D eigenvalue weighted by atomic mass is 10.1. The summed E-state index contributed by atoms with van der Waals surface area (Å²) in [5.74, 6) is 1.40. The lowest BCUT2D eigenvalue weighted by Gasteiger charge is -2.23. The van der Waals surface area contributed by atoms with Crippen LogP contribution in [0.1, 0.15) is 6.04 Å². The van der Waals surface area contributed by atoms with Crippen LogP contribution in [0.3, 0.4) is 0 Å². The average Bonchev–Trinajstić information content (AvgIpc) is 3.30. The molecule has 1 aromatic carbocycles. The summed E-state index contributed by atoms with van der Waals surface area (Å²) < 4.78 is 38.9. The number of aromatic nitrogens is 2. The molecule has 2 aromatic rings. The molecule has 0 spiro atoms. The van der Waals surface area contributed by atoms with Gasteiger partial charge in [-0.2, -0.15) is 0 Å². The number of ether oxygens (including phenoxy) is 2. The summed E-state index contributed by atoms with van der Waals surface area (Å²) >= 11 is 0. The van der Waals surface area contributed by atoms with Gasteiger partial charge < -0.3 is 19.1 Å². The molecule has 1 N–H and O–H groups in total. The minimum Gasteiger partial charge on any atom is -0.496 e. The summed E-state index contributed by atoms with van der Waals surface area (Å²) in [6, 6.07) is 7.57. The topological polar surface area (TPSA) is 111 Å². The van der Waals surface area contributed by atoms with Crippen LogP contribution in [0.5, 0.6) is 5.75 Å². The number of hydrogen-bond donors (Lipinski definition) is 1. The molecule has 1 fully saturated rings. The fourth-order valence-electron chi connectivity index (χ4n) is 3.09. The van der Waals surface area contributed by atoms with Crippen LogP contribution in [0.2, 0.25) is 0 Å². The molecule has 1 aliphatic rings. The smallest absolute Gasteiger partial charge is 0.290 e. The van der Waals surface area contributed by atoms with Crippen LogP contribution < -0.4 is 4.74 Å². The number of hydrogen-bond acceptors (Lipinski definition) is 6. The van der Waals surface area contributed by atoms with E-state index in [4.69, 9.17) is 19.4 Å². The number of imidazole rings is 1. The fourth-order valence-corrected chi connectivity index (χ4v) is 4.25. The van der Waals surface area contributed by atoms with E-state index in [1.165, 1.54) is 4.31 Å². The molecule has 0 unspecified atom stereocenters. The second-order valence-corrected chi connectivity index (χ2v) is 8.62. The maximum atomic E-state index is 12.3. The van der Waals surface area contributed by atoms with Crippen molar-refractivity contribution in [3.05, 3.63) is 36.7 Å². The molecule has 0 saturated carbocycles. The number of carbonyl (C=O) groups is 1. The third kappa shape index (κ3) is 4.89. The van der Waals surface area contributed by atoms with Crippen molar-refractivity contribution < 1.29 is 27.8 Å². The van der Waals surface area contributed by atoms with Gasteiger partial charge >= 0.3 is 0 Å². The van der Waals surface area contributed by atoms with Gasteiger partial charge in [-0.05, 0) is 12.1 Å². The first-order valence-corrected chi connectivity index (χ1v) is 10.2. The molecule has 2 heterocycles. The van der Waals surface area contributed by atoms with E-state index in [0.717, 1.165) is 17.1 Å². The van der Waals surface area contributed by atoms with Gasteiger partial charge in [0.15, 0.2) is 0 Å². The Morgan fingerprint density at radius 2 is 2.04 bits per heavy atom. The van der Waals surface area contributed by atoms with E-state index in [0.29, 0.717) is 13.2 Å². The zero-order chi connectivity index (χ0) is 20.7. The lowest BCUT2D eigenvalue weighted by molar-refractivity contribution is -0.122. The zero-order valence-corrected chi connectivity index (χ0v) is 16.9. The maximum absolute atomic E-state index is 12.3. The first-order valence-electron chi connectivity index (χ1n) is 8.57. The standard InChI is InChI=1S/C17H23N3O4S.CH2O2/c1-19(2)25(21,22)12-13-10-24-11-15(13)20-9-8-18-17(20)14-6-4-5-7-16(14)23-3;2-1-3/h4-9,13,15H,10-12H2,1-3H3;1H,(H,2,3)/t13-,15+;/m0./s1. The van der Waals surface area contributed by atoms with Gasteiger partial charge in [0.2, 0.25) is 10.0 Å². The summed E-state index contributed by atoms with van der Waals surface area (Å²) in [4.78, 5) is 12.8. The third-order valence-corrected chi connectivity index (χ3v) is 6.48. The van der Waals surface area contributed by atoms with Crippen molar-refractivity contribution in [1.82, 2.24) is 13.9 Å². The number of methoxy groups -OCH3 is 1. The predicted molar refractivity (Wildman–Crippen MR) is 104 cm³/mol. The highest BCUT2D eigenvalue weighted by Gasteiger charge is 2.35. The van der Waals surface area contributed by atoms with Crippen molar-refractivity contribution in [2.75, 3.05) is 40.2 Å². The SMILES string of the molecule is COc1ccccc1-c1nccn1[C@@H]1COC[C@H]1CS(=O)(=O)N(C)C.O=CO. The van der Waals surface area contributed by atoms with E-state index in [1.54, 1.807) is 27.4 Å². The van der Waals surface area contributed by atoms with Gasteiger partial charge in [0.25, 0.3) is 6.47 Å². The number of nitrogens with zero attached hydrogens (tertiary/aromatic N) is 3. The second-order valence-electron chi connectivity index (χ2n) is 6.39. The monoisotopic (exact) mass is 411 g/mol. The normalized spacial score (nSPS) is 19.1. The average molecular weight is 411 g/mol. The molecule has 10 heteroatoms.